The van der Waals surface area contributed by atoms with Crippen molar-refractivity contribution >= 4 is 20.3 Å². The van der Waals surface area contributed by atoms with Crippen molar-refractivity contribution in [2.24, 2.45) is 28.6 Å². The molecule has 1 heterocycles. The summed E-state index contributed by atoms with van der Waals surface area (Å²) >= 11 is 0. The summed E-state index contributed by atoms with van der Waals surface area (Å²) in [6.07, 6.45) is 3.79. The minimum absolute atomic E-state index is 0.103. The van der Waals surface area contributed by atoms with Crippen LogP contribution in [-0.2, 0) is 23.5 Å². The average Bonchev–Trinajstić information content (AvgIpc) is 3.22. The Kier molecular flexibility index (Phi) is 5.73. The molecule has 1 saturated heterocycles. The van der Waals surface area contributed by atoms with Crippen molar-refractivity contribution in [2.45, 2.75) is 116 Å². The molecular formula is C26H44O5Si. The molecule has 3 aliphatic carbocycles. The number of carbonyl (C=O) groups excluding carboxylic acids is 2. The summed E-state index contributed by atoms with van der Waals surface area (Å²) in [4.78, 5) is 25.9. The quantitative estimate of drug-likeness (QED) is 0.363. The maximum absolute atomic E-state index is 13.0. The van der Waals surface area contributed by atoms with Gasteiger partial charge >= 0.3 is 11.9 Å². The van der Waals surface area contributed by atoms with Gasteiger partial charge in [-0.1, -0.05) is 55.4 Å². The highest BCUT2D eigenvalue weighted by Crippen LogP contribution is 2.78. The van der Waals surface area contributed by atoms with E-state index in [2.05, 4.69) is 55.4 Å². The summed E-state index contributed by atoms with van der Waals surface area (Å²) < 4.78 is 19.3. The van der Waals surface area contributed by atoms with Gasteiger partial charge in [0.25, 0.3) is 0 Å². The Morgan fingerprint density at radius 1 is 1.06 bits per heavy atom. The lowest BCUT2D eigenvalue weighted by molar-refractivity contribution is -0.209. The average molecular weight is 465 g/mol. The first-order chi connectivity index (χ1) is 14.8. The zero-order valence-electron chi connectivity index (χ0n) is 21.6. The van der Waals surface area contributed by atoms with E-state index >= 15 is 0 Å². The Morgan fingerprint density at radius 3 is 2.19 bits per heavy atom. The summed E-state index contributed by atoms with van der Waals surface area (Å²) in [5, 5.41) is 0. The molecule has 0 aromatic heterocycles. The molecule has 4 fully saturated rings. The fourth-order valence-corrected chi connectivity index (χ4v) is 15.3. The molecule has 0 radical (unpaired) electrons. The van der Waals surface area contributed by atoms with Crippen LogP contribution in [-0.4, -0.2) is 39.1 Å². The van der Waals surface area contributed by atoms with Crippen LogP contribution in [0.2, 0.25) is 16.6 Å². The van der Waals surface area contributed by atoms with Gasteiger partial charge in [0.1, 0.15) is 5.60 Å². The summed E-state index contributed by atoms with van der Waals surface area (Å²) in [6.45, 7) is 18.5. The van der Waals surface area contributed by atoms with Crippen LogP contribution < -0.4 is 0 Å². The number of methoxy groups -OCH3 is 1. The van der Waals surface area contributed by atoms with E-state index in [1.165, 1.54) is 7.11 Å². The van der Waals surface area contributed by atoms with Crippen LogP contribution in [0.1, 0.15) is 87.5 Å². The molecule has 0 aromatic rings. The summed E-state index contributed by atoms with van der Waals surface area (Å²) in [7, 11) is -0.751. The maximum Gasteiger partial charge on any atom is 0.309 e. The molecule has 0 amide bonds. The van der Waals surface area contributed by atoms with E-state index in [0.29, 0.717) is 29.5 Å². The third-order valence-electron chi connectivity index (χ3n) is 10.1. The van der Waals surface area contributed by atoms with Crippen LogP contribution in [0, 0.1) is 28.6 Å². The number of esters is 2. The number of rotatable bonds is 6. The molecule has 0 N–H and O–H groups in total. The lowest BCUT2D eigenvalue weighted by atomic mass is 9.63. The Balaban J connectivity index is 1.89. The molecule has 6 heteroatoms. The van der Waals surface area contributed by atoms with Gasteiger partial charge in [-0.2, -0.15) is 0 Å². The molecule has 1 aliphatic heterocycles. The van der Waals surface area contributed by atoms with Gasteiger partial charge in [-0.3, -0.25) is 9.59 Å². The normalized spacial score (nSPS) is 40.1. The zero-order valence-corrected chi connectivity index (χ0v) is 22.6. The van der Waals surface area contributed by atoms with Gasteiger partial charge in [0.05, 0.1) is 19.1 Å². The number of ether oxygens (including phenoxy) is 2. The molecule has 0 bridgehead atoms. The molecule has 0 aromatic carbocycles. The van der Waals surface area contributed by atoms with Crippen molar-refractivity contribution < 1.29 is 23.5 Å². The molecule has 1 spiro atoms. The van der Waals surface area contributed by atoms with Crippen LogP contribution in [0.3, 0.4) is 0 Å². The van der Waals surface area contributed by atoms with Crippen LogP contribution in [0.15, 0.2) is 0 Å². The van der Waals surface area contributed by atoms with E-state index in [1.807, 2.05) is 0 Å². The largest absolute Gasteiger partial charge is 0.469 e. The Morgan fingerprint density at radius 2 is 1.66 bits per heavy atom. The molecule has 32 heavy (non-hydrogen) atoms. The first-order valence-electron chi connectivity index (χ1n) is 12.8. The Hall–Kier alpha value is -0.883. The topological polar surface area (TPSA) is 61.8 Å². The number of hydrogen-bond acceptors (Lipinski definition) is 5. The highest BCUT2D eigenvalue weighted by molar-refractivity contribution is 6.77. The predicted octanol–water partition coefficient (Wildman–Crippen LogP) is 5.87. The smallest absolute Gasteiger partial charge is 0.309 e. The van der Waals surface area contributed by atoms with Crippen molar-refractivity contribution in [1.29, 1.82) is 0 Å². The lowest BCUT2D eigenvalue weighted by Gasteiger charge is -2.53. The molecule has 6 atom stereocenters. The molecule has 0 unspecified atom stereocenters. The van der Waals surface area contributed by atoms with E-state index in [-0.39, 0.29) is 46.6 Å². The van der Waals surface area contributed by atoms with Gasteiger partial charge in [-0.15, -0.1) is 0 Å². The van der Waals surface area contributed by atoms with Crippen LogP contribution in [0.4, 0.5) is 0 Å². The fraction of sp³-hybridized carbons (Fsp3) is 0.923. The monoisotopic (exact) mass is 464 g/mol. The van der Waals surface area contributed by atoms with Gasteiger partial charge in [-0.05, 0) is 53.1 Å². The molecule has 4 rings (SSSR count). The molecule has 5 nitrogen and oxygen atoms in total. The molecular weight excluding hydrogens is 420 g/mol. The van der Waals surface area contributed by atoms with Crippen LogP contribution >= 0.6 is 0 Å². The Labute approximate surface area is 195 Å². The third kappa shape index (κ3) is 2.83. The maximum atomic E-state index is 13.0. The first-order valence-corrected chi connectivity index (χ1v) is 14.9. The Bertz CT molecular complexity index is 767. The molecule has 3 saturated carbocycles. The van der Waals surface area contributed by atoms with E-state index in [9.17, 15) is 9.59 Å². The van der Waals surface area contributed by atoms with E-state index in [4.69, 9.17) is 13.9 Å². The van der Waals surface area contributed by atoms with Crippen molar-refractivity contribution in [3.05, 3.63) is 0 Å². The number of hydrogen-bond donors (Lipinski definition) is 0. The highest BCUT2D eigenvalue weighted by Gasteiger charge is 2.82. The van der Waals surface area contributed by atoms with Crippen molar-refractivity contribution in [1.82, 2.24) is 0 Å². The van der Waals surface area contributed by atoms with Gasteiger partial charge in [0.15, 0.2) is 0 Å². The lowest BCUT2D eigenvalue weighted by Crippen LogP contribution is -2.62. The van der Waals surface area contributed by atoms with Gasteiger partial charge in [0, 0.05) is 18.3 Å². The van der Waals surface area contributed by atoms with Crippen LogP contribution in [0.25, 0.3) is 0 Å². The van der Waals surface area contributed by atoms with Crippen LogP contribution in [0.5, 0.6) is 0 Å². The summed E-state index contributed by atoms with van der Waals surface area (Å²) in [5.41, 5.74) is 0.325. The second-order valence-corrected chi connectivity index (χ2v) is 18.2. The van der Waals surface area contributed by atoms with E-state index < -0.39 is 13.9 Å². The second kappa shape index (κ2) is 7.56. The minimum atomic E-state index is -2.24. The summed E-state index contributed by atoms with van der Waals surface area (Å²) in [6, 6.07) is 0. The highest BCUT2D eigenvalue weighted by atomic mass is 28.4. The molecule has 4 aliphatic rings. The zero-order chi connectivity index (χ0) is 23.9. The SMILES string of the molecule is COC(=O)[C@H]1C[C@]23OC(=O)C[C@H]4CC[C@@H]1[C@]42CC(C)(C)[C@H]3O[Si](C(C)C)(C(C)C)C(C)C. The summed E-state index contributed by atoms with van der Waals surface area (Å²) in [5.74, 6) is 0.0531. The van der Waals surface area contributed by atoms with Gasteiger partial charge in [0.2, 0.25) is 8.32 Å². The fourth-order valence-electron chi connectivity index (χ4n) is 9.52. The van der Waals surface area contributed by atoms with Crippen molar-refractivity contribution in [3.8, 4) is 0 Å². The van der Waals surface area contributed by atoms with Crippen molar-refractivity contribution in [3.63, 3.8) is 0 Å². The standard InChI is InChI=1S/C26H44O5Si/c1-15(2)32(16(3)4,17(5)6)31-23-24(7,8)14-25-18-10-11-20(25)19(22(28)29-9)13-26(23,25)30-21(27)12-18/h15-20,23H,10-14H2,1-9H3/t18-,19+,20+,23-,25+,26-/m1/s1. The van der Waals surface area contributed by atoms with Gasteiger partial charge in [-0.25, -0.2) is 0 Å². The van der Waals surface area contributed by atoms with Crippen molar-refractivity contribution in [2.75, 3.05) is 7.11 Å². The number of carbonyl (C=O) groups is 2. The van der Waals surface area contributed by atoms with Gasteiger partial charge < -0.3 is 13.9 Å². The minimum Gasteiger partial charge on any atom is -0.469 e. The van der Waals surface area contributed by atoms with E-state index in [1.54, 1.807) is 0 Å². The third-order valence-corrected chi connectivity index (χ3v) is 16.2. The van der Waals surface area contributed by atoms with E-state index in [0.717, 1.165) is 19.3 Å². The second-order valence-electron chi connectivity index (χ2n) is 12.8. The first kappa shape index (κ1) is 24.2. The predicted molar refractivity (Wildman–Crippen MR) is 127 cm³/mol. The molecule has 182 valence electrons.